The second kappa shape index (κ2) is 13.1. The van der Waals surface area contributed by atoms with E-state index in [1.807, 2.05) is 54.4 Å². The lowest BCUT2D eigenvalue weighted by Crippen LogP contribution is -2.24. The average molecular weight is 506 g/mol. The Labute approximate surface area is 215 Å². The minimum Gasteiger partial charge on any atom is -0.516 e. The van der Waals surface area contributed by atoms with Crippen molar-refractivity contribution in [1.29, 1.82) is 0 Å². The summed E-state index contributed by atoms with van der Waals surface area (Å²) in [5.41, 5.74) is 4.85. The number of anilines is 1. The van der Waals surface area contributed by atoms with Gasteiger partial charge in [-0.05, 0) is 31.6 Å². The maximum atomic E-state index is 10.6. The standard InChI is InChI=1S/C19H18N6S.C7H13NO2/c1-13-10-15(24-25(13)2)11-21-19-20-9-8-16(23-19)17-12-26-18(22-17)14-6-4-3-5-7-14;1-7(10)8(2)5-3-4-6-9/h3-10,12H,11H2,1-2H3,(H,20,21,23);4,6,9H,3,5H2,1-2H3. The Morgan fingerprint density at radius 2 is 1.97 bits per heavy atom. The quantitative estimate of drug-likeness (QED) is 0.330. The van der Waals surface area contributed by atoms with E-state index in [9.17, 15) is 4.79 Å². The molecule has 10 heteroatoms. The first-order chi connectivity index (χ1) is 17.4. The van der Waals surface area contributed by atoms with Crippen LogP contribution in [0.5, 0.6) is 0 Å². The van der Waals surface area contributed by atoms with Gasteiger partial charge in [0.2, 0.25) is 11.9 Å². The number of nitrogens with zero attached hydrogens (tertiary/aromatic N) is 6. The van der Waals surface area contributed by atoms with Crippen LogP contribution in [0.3, 0.4) is 0 Å². The van der Waals surface area contributed by atoms with Crippen LogP contribution < -0.4 is 5.32 Å². The van der Waals surface area contributed by atoms with Crippen molar-refractivity contribution in [3.05, 3.63) is 77.8 Å². The first-order valence-electron chi connectivity index (χ1n) is 11.5. The van der Waals surface area contributed by atoms with Gasteiger partial charge in [0.15, 0.2) is 0 Å². The van der Waals surface area contributed by atoms with Crippen molar-refractivity contribution in [3.8, 4) is 22.0 Å². The van der Waals surface area contributed by atoms with E-state index < -0.39 is 0 Å². The van der Waals surface area contributed by atoms with Gasteiger partial charge in [-0.15, -0.1) is 11.3 Å². The van der Waals surface area contributed by atoms with Crippen molar-refractivity contribution in [1.82, 2.24) is 29.6 Å². The average Bonchev–Trinajstić information content (AvgIpc) is 3.51. The summed E-state index contributed by atoms with van der Waals surface area (Å²) in [5, 5.41) is 18.9. The van der Waals surface area contributed by atoms with E-state index in [1.54, 1.807) is 35.6 Å². The number of rotatable bonds is 8. The number of aliphatic hydroxyl groups is 1. The molecule has 0 unspecified atom stereocenters. The molecule has 0 bridgehead atoms. The van der Waals surface area contributed by atoms with Crippen molar-refractivity contribution in [2.24, 2.45) is 7.05 Å². The van der Waals surface area contributed by atoms with Gasteiger partial charge in [-0.3, -0.25) is 9.48 Å². The van der Waals surface area contributed by atoms with Crippen molar-refractivity contribution in [3.63, 3.8) is 0 Å². The van der Waals surface area contributed by atoms with Crippen LogP contribution in [-0.2, 0) is 18.4 Å². The van der Waals surface area contributed by atoms with Gasteiger partial charge in [-0.25, -0.2) is 15.0 Å². The zero-order valence-corrected chi connectivity index (χ0v) is 21.7. The number of carbonyl (C=O) groups excluding carboxylic acids is 1. The van der Waals surface area contributed by atoms with Crippen LogP contribution in [0.15, 0.2) is 66.4 Å². The summed E-state index contributed by atoms with van der Waals surface area (Å²) in [6.07, 6.45) is 5.05. The van der Waals surface area contributed by atoms with E-state index in [0.29, 0.717) is 25.5 Å². The van der Waals surface area contributed by atoms with Crippen LogP contribution in [0.1, 0.15) is 24.7 Å². The molecule has 2 N–H and O–H groups in total. The van der Waals surface area contributed by atoms with Crippen molar-refractivity contribution in [2.75, 3.05) is 18.9 Å². The van der Waals surface area contributed by atoms with E-state index in [1.165, 1.54) is 6.92 Å². The Bertz CT molecular complexity index is 1260. The third-order valence-electron chi connectivity index (χ3n) is 5.31. The molecular formula is C26H31N7O2S. The highest BCUT2D eigenvalue weighted by molar-refractivity contribution is 7.13. The summed E-state index contributed by atoms with van der Waals surface area (Å²) < 4.78 is 1.86. The fourth-order valence-electron chi connectivity index (χ4n) is 3.08. The van der Waals surface area contributed by atoms with E-state index in [0.717, 1.165) is 39.6 Å². The van der Waals surface area contributed by atoms with Crippen LogP contribution in [0.25, 0.3) is 22.0 Å². The second-order valence-corrected chi connectivity index (χ2v) is 8.90. The molecule has 4 aromatic rings. The molecule has 0 aliphatic rings. The SMILES string of the molecule is CC(=O)N(C)CCC=CO.Cc1cc(CNc2nccc(-c3csc(-c4ccccc4)n3)n2)nn1C. The Morgan fingerprint density at radius 3 is 2.64 bits per heavy atom. The molecule has 36 heavy (non-hydrogen) atoms. The number of nitrogens with one attached hydrogen (secondary N) is 1. The van der Waals surface area contributed by atoms with Crippen molar-refractivity contribution < 1.29 is 9.90 Å². The van der Waals surface area contributed by atoms with Gasteiger partial charge in [0.05, 0.1) is 24.2 Å². The number of aromatic nitrogens is 5. The van der Waals surface area contributed by atoms with E-state index in [2.05, 4.69) is 32.5 Å². The number of aryl methyl sites for hydroxylation is 2. The molecule has 9 nitrogen and oxygen atoms in total. The fraction of sp³-hybridized carbons (Fsp3) is 0.269. The summed E-state index contributed by atoms with van der Waals surface area (Å²) >= 11 is 1.61. The number of aliphatic hydroxyl groups excluding tert-OH is 1. The highest BCUT2D eigenvalue weighted by atomic mass is 32.1. The summed E-state index contributed by atoms with van der Waals surface area (Å²) in [7, 11) is 3.66. The summed E-state index contributed by atoms with van der Waals surface area (Å²) in [4.78, 5) is 25.8. The zero-order valence-electron chi connectivity index (χ0n) is 20.9. The number of amides is 1. The summed E-state index contributed by atoms with van der Waals surface area (Å²) in [5.74, 6) is 0.617. The number of carbonyl (C=O) groups is 1. The van der Waals surface area contributed by atoms with Gasteiger partial charge < -0.3 is 15.3 Å². The van der Waals surface area contributed by atoms with Crippen LogP contribution in [0.2, 0.25) is 0 Å². The van der Waals surface area contributed by atoms with Gasteiger partial charge in [-0.2, -0.15) is 5.10 Å². The molecule has 1 aromatic carbocycles. The Morgan fingerprint density at radius 1 is 1.19 bits per heavy atom. The molecule has 0 spiro atoms. The molecule has 0 radical (unpaired) electrons. The zero-order chi connectivity index (χ0) is 25.9. The lowest BCUT2D eigenvalue weighted by atomic mass is 10.2. The maximum Gasteiger partial charge on any atom is 0.223 e. The highest BCUT2D eigenvalue weighted by Gasteiger charge is 2.09. The predicted molar refractivity (Wildman–Crippen MR) is 144 cm³/mol. The molecule has 3 aromatic heterocycles. The number of benzene rings is 1. The monoisotopic (exact) mass is 505 g/mol. The molecule has 4 rings (SSSR count). The third kappa shape index (κ3) is 7.74. The van der Waals surface area contributed by atoms with Crippen LogP contribution in [0, 0.1) is 6.92 Å². The number of hydrogen-bond acceptors (Lipinski definition) is 8. The Balaban J connectivity index is 0.000000308. The van der Waals surface area contributed by atoms with Crippen molar-refractivity contribution in [2.45, 2.75) is 26.8 Å². The molecule has 3 heterocycles. The Kier molecular flexibility index (Phi) is 9.70. The van der Waals surface area contributed by atoms with E-state index in [-0.39, 0.29) is 5.91 Å². The first kappa shape index (κ1) is 26.6. The Hall–Kier alpha value is -4.05. The van der Waals surface area contributed by atoms with Crippen LogP contribution >= 0.6 is 11.3 Å². The smallest absolute Gasteiger partial charge is 0.223 e. The largest absolute Gasteiger partial charge is 0.516 e. The molecular weight excluding hydrogens is 474 g/mol. The molecule has 188 valence electrons. The summed E-state index contributed by atoms with van der Waals surface area (Å²) in [6, 6.07) is 14.1. The van der Waals surface area contributed by atoms with Gasteiger partial charge in [-0.1, -0.05) is 30.3 Å². The van der Waals surface area contributed by atoms with Gasteiger partial charge in [0.1, 0.15) is 10.7 Å². The molecule has 0 aliphatic heterocycles. The number of thiazole rings is 1. The number of hydrogen-bond donors (Lipinski definition) is 2. The van der Waals surface area contributed by atoms with Gasteiger partial charge in [0, 0.05) is 50.4 Å². The predicted octanol–water partition coefficient (Wildman–Crippen LogP) is 4.85. The van der Waals surface area contributed by atoms with Crippen LogP contribution in [-0.4, -0.2) is 54.2 Å². The molecule has 0 saturated carbocycles. The van der Waals surface area contributed by atoms with Crippen molar-refractivity contribution >= 4 is 23.2 Å². The lowest BCUT2D eigenvalue weighted by molar-refractivity contribution is -0.127. The van der Waals surface area contributed by atoms with Crippen LogP contribution in [0.4, 0.5) is 5.95 Å². The van der Waals surface area contributed by atoms with Gasteiger partial charge in [0.25, 0.3) is 0 Å². The first-order valence-corrected chi connectivity index (χ1v) is 12.3. The minimum absolute atomic E-state index is 0.0475. The maximum absolute atomic E-state index is 10.6. The topological polar surface area (TPSA) is 109 Å². The normalized spacial score (nSPS) is 10.7. The highest BCUT2D eigenvalue weighted by Crippen LogP contribution is 2.28. The molecule has 1 amide bonds. The molecule has 0 fully saturated rings. The molecule has 0 aliphatic carbocycles. The van der Waals surface area contributed by atoms with E-state index >= 15 is 0 Å². The second-order valence-electron chi connectivity index (χ2n) is 8.04. The van der Waals surface area contributed by atoms with E-state index in [4.69, 9.17) is 10.1 Å². The molecule has 0 atom stereocenters. The van der Waals surface area contributed by atoms with Gasteiger partial charge >= 0.3 is 0 Å². The fourth-order valence-corrected chi connectivity index (χ4v) is 3.90. The molecule has 0 saturated heterocycles. The third-order valence-corrected chi connectivity index (χ3v) is 6.20. The lowest BCUT2D eigenvalue weighted by Gasteiger charge is -2.12. The minimum atomic E-state index is 0.0475. The summed E-state index contributed by atoms with van der Waals surface area (Å²) in [6.45, 7) is 4.78.